The van der Waals surface area contributed by atoms with Gasteiger partial charge < -0.3 is 10.6 Å². The lowest BCUT2D eigenvalue weighted by atomic mass is 10.3. The molecule has 14 heavy (non-hydrogen) atoms. The lowest BCUT2D eigenvalue weighted by molar-refractivity contribution is -0.130. The molecule has 0 atom stereocenters. The Balaban J connectivity index is 0. The first-order valence-electron chi connectivity index (χ1n) is 4.42. The van der Waals surface area contributed by atoms with Gasteiger partial charge in [-0.1, -0.05) is 0 Å². The highest BCUT2D eigenvalue weighted by Crippen LogP contribution is 2.00. The van der Waals surface area contributed by atoms with Crippen LogP contribution in [0.3, 0.4) is 0 Å². The fourth-order valence-corrected chi connectivity index (χ4v) is 1.47. The van der Waals surface area contributed by atoms with Crippen molar-refractivity contribution in [2.24, 2.45) is 5.73 Å². The Bertz CT molecular complexity index is 161. The Morgan fingerprint density at radius 1 is 1.21 bits per heavy atom. The van der Waals surface area contributed by atoms with Crippen LogP contribution < -0.4 is 5.73 Å². The zero-order chi connectivity index (χ0) is 8.97. The smallest absolute Gasteiger partial charge is 0.219 e. The van der Waals surface area contributed by atoms with Gasteiger partial charge in [-0.25, -0.2) is 0 Å². The molecule has 0 unspecified atom stereocenters. The van der Waals surface area contributed by atoms with E-state index in [0.29, 0.717) is 6.54 Å². The van der Waals surface area contributed by atoms with E-state index >= 15 is 0 Å². The Morgan fingerprint density at radius 2 is 1.71 bits per heavy atom. The number of piperazine rings is 1. The molecule has 1 rings (SSSR count). The van der Waals surface area contributed by atoms with Gasteiger partial charge in [0.2, 0.25) is 5.91 Å². The van der Waals surface area contributed by atoms with Crippen LogP contribution in [0.15, 0.2) is 0 Å². The van der Waals surface area contributed by atoms with E-state index in [1.54, 1.807) is 6.92 Å². The molecule has 0 aromatic rings. The molecule has 6 heteroatoms. The minimum Gasteiger partial charge on any atom is -0.340 e. The Kier molecular flexibility index (Phi) is 9.72. The number of nitrogens with zero attached hydrogens (tertiary/aromatic N) is 2. The van der Waals surface area contributed by atoms with Crippen LogP contribution in [0.1, 0.15) is 6.92 Å². The monoisotopic (exact) mass is 243 g/mol. The summed E-state index contributed by atoms with van der Waals surface area (Å²) < 4.78 is 0. The second-order valence-corrected chi connectivity index (χ2v) is 3.14. The van der Waals surface area contributed by atoms with E-state index in [9.17, 15) is 4.79 Å². The van der Waals surface area contributed by atoms with E-state index in [1.165, 1.54) is 0 Å². The highest BCUT2D eigenvalue weighted by Gasteiger charge is 2.17. The Morgan fingerprint density at radius 3 is 2.07 bits per heavy atom. The van der Waals surface area contributed by atoms with E-state index in [4.69, 9.17) is 5.73 Å². The van der Waals surface area contributed by atoms with Crippen LogP contribution in [0.4, 0.5) is 0 Å². The number of amides is 1. The summed E-state index contributed by atoms with van der Waals surface area (Å²) in [5.41, 5.74) is 5.43. The van der Waals surface area contributed by atoms with Gasteiger partial charge >= 0.3 is 0 Å². The van der Waals surface area contributed by atoms with E-state index in [2.05, 4.69) is 4.90 Å². The van der Waals surface area contributed by atoms with Crippen molar-refractivity contribution in [1.29, 1.82) is 0 Å². The normalized spacial score (nSPS) is 16.9. The third kappa shape index (κ3) is 5.00. The first-order valence-corrected chi connectivity index (χ1v) is 4.42. The predicted octanol–water partition coefficient (Wildman–Crippen LogP) is -0.0472. The predicted molar refractivity (Wildman–Crippen MR) is 62.2 cm³/mol. The van der Waals surface area contributed by atoms with Gasteiger partial charge in [0.1, 0.15) is 0 Å². The quantitative estimate of drug-likeness (QED) is 0.741. The lowest BCUT2D eigenvalue weighted by Gasteiger charge is -2.33. The molecular weight excluding hydrogens is 225 g/mol. The van der Waals surface area contributed by atoms with Crippen molar-refractivity contribution in [1.82, 2.24) is 9.80 Å². The number of carbonyl (C=O) groups is 1. The molecule has 2 N–H and O–H groups in total. The van der Waals surface area contributed by atoms with E-state index < -0.39 is 0 Å². The van der Waals surface area contributed by atoms with Crippen LogP contribution in [0, 0.1) is 0 Å². The molecule has 1 aliphatic rings. The lowest BCUT2D eigenvalue weighted by Crippen LogP contribution is -2.49. The zero-order valence-electron chi connectivity index (χ0n) is 8.44. The SMILES string of the molecule is CC(=O)N1CCN(CCN)CC1.Cl.Cl. The largest absolute Gasteiger partial charge is 0.340 e. The number of hydrogen-bond donors (Lipinski definition) is 1. The van der Waals surface area contributed by atoms with Crippen molar-refractivity contribution in [2.45, 2.75) is 6.92 Å². The molecule has 1 aliphatic heterocycles. The molecule has 1 amide bonds. The van der Waals surface area contributed by atoms with Gasteiger partial charge in [-0.2, -0.15) is 0 Å². The van der Waals surface area contributed by atoms with Gasteiger partial charge in [-0.3, -0.25) is 9.69 Å². The van der Waals surface area contributed by atoms with Crippen molar-refractivity contribution in [3.63, 3.8) is 0 Å². The van der Waals surface area contributed by atoms with Crippen molar-refractivity contribution >= 4 is 30.7 Å². The summed E-state index contributed by atoms with van der Waals surface area (Å²) in [6.45, 7) is 6.93. The molecule has 0 bridgehead atoms. The molecule has 1 heterocycles. The van der Waals surface area contributed by atoms with Crippen molar-refractivity contribution in [2.75, 3.05) is 39.3 Å². The summed E-state index contributed by atoms with van der Waals surface area (Å²) >= 11 is 0. The van der Waals surface area contributed by atoms with Gasteiger partial charge in [0.25, 0.3) is 0 Å². The topological polar surface area (TPSA) is 49.6 Å². The maximum atomic E-state index is 10.9. The minimum atomic E-state index is 0. The van der Waals surface area contributed by atoms with Gasteiger partial charge in [-0.05, 0) is 0 Å². The van der Waals surface area contributed by atoms with Crippen molar-refractivity contribution in [3.8, 4) is 0 Å². The number of nitrogens with two attached hydrogens (primary N) is 1. The van der Waals surface area contributed by atoms with Gasteiger partial charge in [-0.15, -0.1) is 24.8 Å². The van der Waals surface area contributed by atoms with Gasteiger partial charge in [0, 0.05) is 46.2 Å². The number of hydrogen-bond acceptors (Lipinski definition) is 3. The summed E-state index contributed by atoms with van der Waals surface area (Å²) in [6, 6.07) is 0. The molecule has 1 fully saturated rings. The molecule has 0 saturated carbocycles. The summed E-state index contributed by atoms with van der Waals surface area (Å²) in [4.78, 5) is 15.1. The van der Waals surface area contributed by atoms with Crippen LogP contribution in [0.2, 0.25) is 0 Å². The molecule has 0 spiro atoms. The van der Waals surface area contributed by atoms with Crippen LogP contribution in [-0.2, 0) is 4.79 Å². The second-order valence-electron chi connectivity index (χ2n) is 3.14. The minimum absolute atomic E-state index is 0. The van der Waals surface area contributed by atoms with Crippen LogP contribution in [0.5, 0.6) is 0 Å². The number of carbonyl (C=O) groups excluding carboxylic acids is 1. The summed E-state index contributed by atoms with van der Waals surface area (Å²) in [5.74, 6) is 0.183. The molecule has 1 saturated heterocycles. The van der Waals surface area contributed by atoms with Crippen molar-refractivity contribution < 1.29 is 4.79 Å². The second kappa shape index (κ2) is 8.29. The number of halogens is 2. The fourth-order valence-electron chi connectivity index (χ4n) is 1.47. The molecular formula is C8H19Cl2N3O. The molecule has 0 radical (unpaired) electrons. The molecule has 0 aromatic heterocycles. The summed E-state index contributed by atoms with van der Waals surface area (Å²) in [6.07, 6.45) is 0. The van der Waals surface area contributed by atoms with E-state index in [1.807, 2.05) is 4.90 Å². The molecule has 4 nitrogen and oxygen atoms in total. The average molecular weight is 244 g/mol. The van der Waals surface area contributed by atoms with E-state index in [-0.39, 0.29) is 30.7 Å². The van der Waals surface area contributed by atoms with Crippen LogP contribution in [0.25, 0.3) is 0 Å². The molecule has 86 valence electrons. The maximum Gasteiger partial charge on any atom is 0.219 e. The highest BCUT2D eigenvalue weighted by atomic mass is 35.5. The summed E-state index contributed by atoms with van der Waals surface area (Å²) in [5, 5.41) is 0. The third-order valence-electron chi connectivity index (χ3n) is 2.26. The summed E-state index contributed by atoms with van der Waals surface area (Å²) in [7, 11) is 0. The van der Waals surface area contributed by atoms with Crippen LogP contribution >= 0.6 is 24.8 Å². The number of rotatable bonds is 2. The fraction of sp³-hybridized carbons (Fsp3) is 0.875. The van der Waals surface area contributed by atoms with Crippen molar-refractivity contribution in [3.05, 3.63) is 0 Å². The Hall–Kier alpha value is -0.0300. The Labute approximate surface area is 97.6 Å². The molecule has 0 aliphatic carbocycles. The maximum absolute atomic E-state index is 10.9. The standard InChI is InChI=1S/C8H17N3O.2ClH/c1-8(12)11-6-4-10(3-2-9)5-7-11;;/h2-7,9H2,1H3;2*1H. The first kappa shape index (κ1) is 16.4. The van der Waals surface area contributed by atoms with Gasteiger partial charge in [0.05, 0.1) is 0 Å². The average Bonchev–Trinajstić information content (AvgIpc) is 2.06. The van der Waals surface area contributed by atoms with Gasteiger partial charge in [0.15, 0.2) is 0 Å². The third-order valence-corrected chi connectivity index (χ3v) is 2.26. The van der Waals surface area contributed by atoms with E-state index in [0.717, 1.165) is 32.7 Å². The first-order chi connectivity index (χ1) is 5.74. The highest BCUT2D eigenvalue weighted by molar-refractivity contribution is 5.85. The molecule has 0 aromatic carbocycles. The van der Waals surface area contributed by atoms with Crippen LogP contribution in [-0.4, -0.2) is 55.0 Å². The zero-order valence-corrected chi connectivity index (χ0v) is 10.1.